The van der Waals surface area contributed by atoms with Crippen molar-refractivity contribution < 1.29 is 13.2 Å². The zero-order chi connectivity index (χ0) is 18.1. The van der Waals surface area contributed by atoms with Gasteiger partial charge in [-0.1, -0.05) is 12.1 Å². The van der Waals surface area contributed by atoms with E-state index in [1.807, 2.05) is 6.92 Å². The van der Waals surface area contributed by atoms with Crippen LogP contribution in [0.3, 0.4) is 0 Å². The van der Waals surface area contributed by atoms with Gasteiger partial charge in [-0.25, -0.2) is 13.4 Å². The maximum Gasteiger partial charge on any atom is 0.191 e. The van der Waals surface area contributed by atoms with Crippen LogP contribution in [-0.4, -0.2) is 46.9 Å². The van der Waals surface area contributed by atoms with Crippen LogP contribution in [0, 0.1) is 5.92 Å². The Hall–Kier alpha value is -1.60. The molecule has 0 saturated heterocycles. The van der Waals surface area contributed by atoms with Gasteiger partial charge in [0.2, 0.25) is 0 Å². The summed E-state index contributed by atoms with van der Waals surface area (Å²) in [5.41, 5.74) is 0.970. The molecule has 140 valence electrons. The monoisotopic (exact) mass is 367 g/mol. The highest BCUT2D eigenvalue weighted by Gasteiger charge is 2.20. The Morgan fingerprint density at radius 1 is 1.24 bits per heavy atom. The summed E-state index contributed by atoms with van der Waals surface area (Å²) in [6, 6.07) is 6.85. The first-order valence-corrected chi connectivity index (χ1v) is 10.8. The summed E-state index contributed by atoms with van der Waals surface area (Å²) in [5, 5.41) is 6.50. The molecule has 7 heteroatoms. The van der Waals surface area contributed by atoms with Crippen LogP contribution in [-0.2, 0) is 21.1 Å². The van der Waals surface area contributed by atoms with Crippen molar-refractivity contribution in [1.82, 2.24) is 10.6 Å². The number of rotatable bonds is 10. The van der Waals surface area contributed by atoms with Crippen molar-refractivity contribution in [2.75, 3.05) is 32.6 Å². The zero-order valence-corrected chi connectivity index (χ0v) is 15.9. The van der Waals surface area contributed by atoms with E-state index in [4.69, 9.17) is 4.74 Å². The van der Waals surface area contributed by atoms with Crippen LogP contribution in [0.15, 0.2) is 34.2 Å². The summed E-state index contributed by atoms with van der Waals surface area (Å²) in [4.78, 5) is 4.87. The molecular formula is C18H29N3O3S. The molecule has 0 atom stereocenters. The lowest BCUT2D eigenvalue weighted by Crippen LogP contribution is -2.38. The van der Waals surface area contributed by atoms with Crippen molar-refractivity contribution in [3.63, 3.8) is 0 Å². The Bertz CT molecular complexity index is 653. The molecule has 0 unspecified atom stereocenters. The number of nitrogens with zero attached hydrogens (tertiary/aromatic N) is 1. The summed E-state index contributed by atoms with van der Waals surface area (Å²) in [6.45, 7) is 5.79. The Balaban J connectivity index is 1.75. The smallest absolute Gasteiger partial charge is 0.191 e. The summed E-state index contributed by atoms with van der Waals surface area (Å²) in [6.07, 6.45) is 4.79. The molecule has 1 aromatic carbocycles. The Morgan fingerprint density at radius 3 is 2.56 bits per heavy atom. The molecule has 0 aliphatic heterocycles. The molecule has 6 nitrogen and oxygen atoms in total. The maximum absolute atomic E-state index is 11.5. The van der Waals surface area contributed by atoms with E-state index in [2.05, 4.69) is 15.6 Å². The van der Waals surface area contributed by atoms with Gasteiger partial charge >= 0.3 is 0 Å². The fourth-order valence-corrected chi connectivity index (χ4v) is 2.90. The molecule has 1 aliphatic carbocycles. The molecule has 1 aliphatic rings. The molecular weight excluding hydrogens is 338 g/mol. The molecule has 0 aromatic heterocycles. The van der Waals surface area contributed by atoms with Gasteiger partial charge in [0.25, 0.3) is 0 Å². The SMILES string of the molecule is CCNC(=NCc1ccc(S(C)(=O)=O)cc1)NCCCOCC1CC1. The van der Waals surface area contributed by atoms with Crippen LogP contribution in [0.5, 0.6) is 0 Å². The van der Waals surface area contributed by atoms with E-state index in [1.54, 1.807) is 24.3 Å². The van der Waals surface area contributed by atoms with Crippen molar-refractivity contribution in [2.45, 2.75) is 37.6 Å². The third-order valence-electron chi connectivity index (χ3n) is 3.92. The van der Waals surface area contributed by atoms with Crippen molar-refractivity contribution >= 4 is 15.8 Å². The van der Waals surface area contributed by atoms with Crippen LogP contribution in [0.4, 0.5) is 0 Å². The van der Waals surface area contributed by atoms with Crippen LogP contribution >= 0.6 is 0 Å². The van der Waals surface area contributed by atoms with Crippen molar-refractivity contribution in [2.24, 2.45) is 10.9 Å². The van der Waals surface area contributed by atoms with Crippen LogP contribution in [0.1, 0.15) is 31.7 Å². The van der Waals surface area contributed by atoms with Gasteiger partial charge in [0.05, 0.1) is 11.4 Å². The molecule has 2 rings (SSSR count). The number of guanidine groups is 1. The van der Waals surface area contributed by atoms with E-state index in [1.165, 1.54) is 19.1 Å². The second-order valence-electron chi connectivity index (χ2n) is 6.41. The van der Waals surface area contributed by atoms with Gasteiger partial charge in [-0.15, -0.1) is 0 Å². The first-order chi connectivity index (χ1) is 12.0. The lowest BCUT2D eigenvalue weighted by atomic mass is 10.2. The molecule has 0 spiro atoms. The topological polar surface area (TPSA) is 79.8 Å². The molecule has 2 N–H and O–H groups in total. The minimum Gasteiger partial charge on any atom is -0.381 e. The standard InChI is InChI=1S/C18H29N3O3S/c1-3-19-18(20-11-4-12-24-14-16-5-6-16)21-13-15-7-9-17(10-8-15)25(2,22)23/h7-10,16H,3-6,11-14H2,1-2H3,(H2,19,20,21). The number of hydrogen-bond acceptors (Lipinski definition) is 4. The Morgan fingerprint density at radius 2 is 1.96 bits per heavy atom. The van der Waals surface area contributed by atoms with Crippen LogP contribution < -0.4 is 10.6 Å². The van der Waals surface area contributed by atoms with E-state index in [-0.39, 0.29) is 0 Å². The van der Waals surface area contributed by atoms with E-state index < -0.39 is 9.84 Å². The second-order valence-corrected chi connectivity index (χ2v) is 8.43. The van der Waals surface area contributed by atoms with Gasteiger partial charge in [-0.05, 0) is 49.8 Å². The minimum absolute atomic E-state index is 0.330. The molecule has 1 aromatic rings. The molecule has 0 bridgehead atoms. The van der Waals surface area contributed by atoms with Crippen molar-refractivity contribution in [1.29, 1.82) is 0 Å². The molecule has 1 fully saturated rings. The van der Waals surface area contributed by atoms with Crippen LogP contribution in [0.2, 0.25) is 0 Å². The average Bonchev–Trinajstić information content (AvgIpc) is 3.39. The summed E-state index contributed by atoms with van der Waals surface area (Å²) in [7, 11) is -3.15. The predicted octanol–water partition coefficient (Wildman–Crippen LogP) is 1.96. The number of nitrogens with one attached hydrogen (secondary N) is 2. The normalized spacial score (nSPS) is 15.2. The lowest BCUT2D eigenvalue weighted by molar-refractivity contribution is 0.123. The third-order valence-corrected chi connectivity index (χ3v) is 5.05. The van der Waals surface area contributed by atoms with Gasteiger partial charge in [-0.2, -0.15) is 0 Å². The van der Waals surface area contributed by atoms with Gasteiger partial charge in [0.15, 0.2) is 15.8 Å². The zero-order valence-electron chi connectivity index (χ0n) is 15.1. The number of ether oxygens (including phenoxy) is 1. The summed E-state index contributed by atoms with van der Waals surface area (Å²) in [5.74, 6) is 1.57. The van der Waals surface area contributed by atoms with Gasteiger partial charge < -0.3 is 15.4 Å². The average molecular weight is 368 g/mol. The predicted molar refractivity (Wildman–Crippen MR) is 101 cm³/mol. The van der Waals surface area contributed by atoms with Gasteiger partial charge in [0.1, 0.15) is 0 Å². The first-order valence-electron chi connectivity index (χ1n) is 8.88. The first kappa shape index (κ1) is 19.7. The lowest BCUT2D eigenvalue weighted by Gasteiger charge is -2.11. The molecule has 1 saturated carbocycles. The second kappa shape index (κ2) is 9.77. The van der Waals surface area contributed by atoms with E-state index in [9.17, 15) is 8.42 Å². The van der Waals surface area contributed by atoms with Gasteiger partial charge in [-0.3, -0.25) is 0 Å². The number of sulfone groups is 1. The molecule has 25 heavy (non-hydrogen) atoms. The minimum atomic E-state index is -3.15. The number of hydrogen-bond donors (Lipinski definition) is 2. The highest BCUT2D eigenvalue weighted by molar-refractivity contribution is 7.90. The Kier molecular flexibility index (Phi) is 7.71. The largest absolute Gasteiger partial charge is 0.381 e. The molecule has 0 amide bonds. The maximum atomic E-state index is 11.5. The molecule has 0 heterocycles. The number of benzene rings is 1. The Labute approximate surface area is 151 Å². The van der Waals surface area contributed by atoms with Crippen LogP contribution in [0.25, 0.3) is 0 Å². The van der Waals surface area contributed by atoms with Crippen molar-refractivity contribution in [3.05, 3.63) is 29.8 Å². The van der Waals surface area contributed by atoms with E-state index >= 15 is 0 Å². The highest BCUT2D eigenvalue weighted by atomic mass is 32.2. The fourth-order valence-electron chi connectivity index (χ4n) is 2.27. The number of aliphatic imine (C=N–C) groups is 1. The molecule has 0 radical (unpaired) electrons. The quantitative estimate of drug-likeness (QED) is 0.375. The van der Waals surface area contributed by atoms with E-state index in [0.717, 1.165) is 50.2 Å². The third kappa shape index (κ3) is 7.88. The summed E-state index contributed by atoms with van der Waals surface area (Å²) >= 11 is 0. The fraction of sp³-hybridized carbons (Fsp3) is 0.611. The van der Waals surface area contributed by atoms with Crippen molar-refractivity contribution in [3.8, 4) is 0 Å². The summed E-state index contributed by atoms with van der Waals surface area (Å²) < 4.78 is 28.6. The highest BCUT2D eigenvalue weighted by Crippen LogP contribution is 2.28. The van der Waals surface area contributed by atoms with Gasteiger partial charge in [0, 0.05) is 32.6 Å². The van der Waals surface area contributed by atoms with E-state index in [0.29, 0.717) is 11.4 Å².